The average molecular weight is 701 g/mol. The van der Waals surface area contributed by atoms with Gasteiger partial charge in [0.2, 0.25) is 0 Å². The van der Waals surface area contributed by atoms with Crippen molar-refractivity contribution >= 4 is 11.9 Å². The maximum atomic E-state index is 8.81. The van der Waals surface area contributed by atoms with Crippen molar-refractivity contribution in [1.29, 1.82) is 0 Å². The van der Waals surface area contributed by atoms with Gasteiger partial charge in [-0.1, -0.05) is 112 Å². The van der Waals surface area contributed by atoms with Crippen LogP contribution >= 0.6 is 0 Å². The number of methoxy groups -OCH3 is 1. The van der Waals surface area contributed by atoms with E-state index in [1.165, 1.54) is 61.8 Å². The van der Waals surface area contributed by atoms with Crippen LogP contribution in [0.5, 0.6) is 11.5 Å². The number of aliphatic hydroxyl groups excluding tert-OH is 2. The first-order valence-corrected chi connectivity index (χ1v) is 17.5. The third-order valence-electron chi connectivity index (χ3n) is 6.78. The van der Waals surface area contributed by atoms with E-state index in [1.807, 2.05) is 73.7 Å². The first-order valence-electron chi connectivity index (χ1n) is 17.5. The predicted octanol–water partition coefficient (Wildman–Crippen LogP) is 9.84. The van der Waals surface area contributed by atoms with Gasteiger partial charge in [-0.05, 0) is 85.4 Å². The molecule has 3 rings (SSSR count). The molecule has 0 radical (unpaired) electrons. The van der Waals surface area contributed by atoms with Crippen molar-refractivity contribution in [3.63, 3.8) is 0 Å². The van der Waals surface area contributed by atoms with E-state index in [4.69, 9.17) is 34.0 Å². The summed E-state index contributed by atoms with van der Waals surface area (Å²) in [5, 5.41) is 16.5. The van der Waals surface area contributed by atoms with Crippen molar-refractivity contribution in [2.75, 3.05) is 33.7 Å². The molecule has 0 atom stereocenters. The van der Waals surface area contributed by atoms with E-state index in [0.717, 1.165) is 35.5 Å². The minimum Gasteiger partial charge on any atom is -0.497 e. The number of aldehydes is 1. The second-order valence-electron chi connectivity index (χ2n) is 10.8. The fourth-order valence-corrected chi connectivity index (χ4v) is 4.36. The van der Waals surface area contributed by atoms with Crippen LogP contribution in [0.15, 0.2) is 134 Å². The molecule has 0 heterocycles. The third-order valence-corrected chi connectivity index (χ3v) is 6.78. The molecule has 0 saturated carbocycles. The summed E-state index contributed by atoms with van der Waals surface area (Å²) < 4.78 is 22.1. The van der Waals surface area contributed by atoms with Gasteiger partial charge in [0, 0.05) is 0 Å². The zero-order valence-corrected chi connectivity index (χ0v) is 31.2. The Morgan fingerprint density at radius 1 is 0.745 bits per heavy atom. The molecule has 0 saturated heterocycles. The van der Waals surface area contributed by atoms with Gasteiger partial charge >= 0.3 is 0 Å². The number of hydrogen-bond acceptors (Lipinski definition) is 7. The summed E-state index contributed by atoms with van der Waals surface area (Å²) in [6, 6.07) is 14.4. The summed E-state index contributed by atoms with van der Waals surface area (Å²) in [5.41, 5.74) is 4.84. The Bertz CT molecular complexity index is 1370. The molecule has 2 aromatic rings. The molecule has 0 aromatic heterocycles. The molecule has 0 aliphatic heterocycles. The summed E-state index contributed by atoms with van der Waals surface area (Å²) in [7, 11) is 1.67. The minimum atomic E-state index is -0.308. The van der Waals surface area contributed by atoms with E-state index < -0.39 is 0 Å². The van der Waals surface area contributed by atoms with Crippen molar-refractivity contribution in [2.45, 2.75) is 65.9 Å². The van der Waals surface area contributed by atoms with E-state index in [9.17, 15) is 0 Å². The molecule has 0 unspecified atom stereocenters. The van der Waals surface area contributed by atoms with Gasteiger partial charge in [0.15, 0.2) is 0 Å². The van der Waals surface area contributed by atoms with Gasteiger partial charge < -0.3 is 34.0 Å². The molecular formula is C44H60O7. The summed E-state index contributed by atoms with van der Waals surface area (Å²) >= 11 is 0. The molecule has 1 aliphatic rings. The highest BCUT2D eigenvalue weighted by atomic mass is 16.6. The second kappa shape index (κ2) is 33.8. The van der Waals surface area contributed by atoms with Crippen LogP contribution in [0.2, 0.25) is 0 Å². The molecule has 7 nitrogen and oxygen atoms in total. The van der Waals surface area contributed by atoms with Crippen LogP contribution in [0, 0.1) is 0 Å². The van der Waals surface area contributed by atoms with Crippen LogP contribution in [0.4, 0.5) is 0 Å². The van der Waals surface area contributed by atoms with E-state index in [-0.39, 0.29) is 13.4 Å². The van der Waals surface area contributed by atoms with Gasteiger partial charge in [-0.15, -0.1) is 13.2 Å². The second-order valence-corrected chi connectivity index (χ2v) is 10.8. The van der Waals surface area contributed by atoms with Gasteiger partial charge in [-0.2, -0.15) is 0 Å². The van der Waals surface area contributed by atoms with Gasteiger partial charge in [0.1, 0.15) is 43.6 Å². The van der Waals surface area contributed by atoms with Crippen molar-refractivity contribution in [1.82, 2.24) is 0 Å². The molecule has 1 aliphatic carbocycles. The van der Waals surface area contributed by atoms with Crippen molar-refractivity contribution in [3.8, 4) is 11.5 Å². The fourth-order valence-electron chi connectivity index (χ4n) is 4.36. The topological polar surface area (TPSA) is 94.5 Å². The summed E-state index contributed by atoms with van der Waals surface area (Å²) in [5.74, 6) is 2.37. The Morgan fingerprint density at radius 2 is 1.37 bits per heavy atom. The molecule has 51 heavy (non-hydrogen) atoms. The number of aliphatic hydroxyl groups is 2. The molecular weight excluding hydrogens is 640 g/mol. The smallest absolute Gasteiger partial charge is 0.143 e. The predicted molar refractivity (Wildman–Crippen MR) is 213 cm³/mol. The summed E-state index contributed by atoms with van der Waals surface area (Å²) in [4.78, 5) is 8.81. The van der Waals surface area contributed by atoms with E-state index in [1.54, 1.807) is 13.2 Å². The maximum Gasteiger partial charge on any atom is 0.143 e. The first-order chi connectivity index (χ1) is 25.0. The highest BCUT2D eigenvalue weighted by Gasteiger charge is 2.08. The van der Waals surface area contributed by atoms with Crippen LogP contribution in [-0.2, 0) is 27.3 Å². The number of aryl methyl sites for hydroxylation is 1. The molecule has 278 valence electrons. The molecule has 2 aromatic carbocycles. The molecule has 0 fully saturated rings. The molecule has 2 N–H and O–H groups in total. The molecule has 0 bridgehead atoms. The first kappa shape index (κ1) is 46.3. The van der Waals surface area contributed by atoms with Crippen LogP contribution < -0.4 is 9.47 Å². The van der Waals surface area contributed by atoms with E-state index >= 15 is 0 Å². The SMILES string of the molecule is C=CC.C=CCO.CC=O.CCCCCCCc1cc(C2=C/C=C/C=C(OCCOCO)\C=C/C=C/C=C\2)ccc1COc1ccc(OC)cc1. The number of unbranched alkanes of at least 4 members (excludes halogenated alkanes) is 4. The van der Waals surface area contributed by atoms with Gasteiger partial charge in [0.05, 0.1) is 20.3 Å². The van der Waals surface area contributed by atoms with Crippen LogP contribution in [0.3, 0.4) is 0 Å². The fraction of sp³-hybridized carbons (Fsp3) is 0.341. The zero-order chi connectivity index (χ0) is 37.8. The number of hydrogen-bond donors (Lipinski definition) is 2. The Morgan fingerprint density at radius 3 is 2.00 bits per heavy atom. The number of benzene rings is 2. The van der Waals surface area contributed by atoms with Gasteiger partial charge in [-0.25, -0.2) is 0 Å². The van der Waals surface area contributed by atoms with Crippen molar-refractivity contribution < 1.29 is 34.0 Å². The number of carbonyl (C=O) groups is 1. The van der Waals surface area contributed by atoms with E-state index in [2.05, 4.69) is 56.5 Å². The largest absolute Gasteiger partial charge is 0.497 e. The van der Waals surface area contributed by atoms with Crippen LogP contribution in [-0.4, -0.2) is 50.2 Å². The Hall–Kier alpha value is -4.69. The van der Waals surface area contributed by atoms with Gasteiger partial charge in [0.25, 0.3) is 0 Å². The zero-order valence-electron chi connectivity index (χ0n) is 31.2. The standard InChI is InChI=1S/C36H44O5.C3H6O.C3H6.C2H4O/c1-3-4-5-6-10-16-31-27-32(19-20-33(31)28-41-36-23-21-34(38-2)22-24-36)30-14-9-7-8-11-17-35(18-13-12-15-30)40-26-25-39-29-37;1-2-3-4;1-3-2;1-2-3/h7-9,11-15,17-24,27,37H,3-6,10,16,25-26,28-29H2,1-2H3;2,4H,1,3H2;3H,1H2,2H3;2H,1H3/b8-7+,9-7?,11-8?,13-12+,14-9-,15-12?,17-11-,18-13?,30-14?,30-15+,35-17?,35-18+;;;. The Kier molecular flexibility index (Phi) is 30.7. The lowest BCUT2D eigenvalue weighted by Gasteiger charge is -2.14. The molecule has 0 spiro atoms. The lowest BCUT2D eigenvalue weighted by atomic mass is 9.95. The summed E-state index contributed by atoms with van der Waals surface area (Å²) in [6.45, 7) is 13.2. The monoisotopic (exact) mass is 700 g/mol. The quantitative estimate of drug-likeness (QED) is 0.0734. The number of ether oxygens (including phenoxy) is 4. The number of rotatable bonds is 17. The van der Waals surface area contributed by atoms with Crippen LogP contribution in [0.25, 0.3) is 5.57 Å². The maximum absolute atomic E-state index is 8.81. The normalized spacial score (nSPS) is 16.2. The molecule has 7 heteroatoms. The Labute approximate surface area is 307 Å². The number of allylic oxidation sites excluding steroid dienone is 12. The van der Waals surface area contributed by atoms with E-state index in [0.29, 0.717) is 19.8 Å². The van der Waals surface area contributed by atoms with Crippen LogP contribution in [0.1, 0.15) is 69.6 Å². The van der Waals surface area contributed by atoms with Crippen molar-refractivity contribution in [2.24, 2.45) is 0 Å². The molecule has 0 amide bonds. The average Bonchev–Trinajstić information content (AvgIpc) is 3.14. The third kappa shape index (κ3) is 24.2. The number of carbonyl (C=O) groups excluding carboxylic acids is 1. The highest BCUT2D eigenvalue weighted by molar-refractivity contribution is 5.76. The minimum absolute atomic E-state index is 0.0833. The highest BCUT2D eigenvalue weighted by Crippen LogP contribution is 2.25. The summed E-state index contributed by atoms with van der Waals surface area (Å²) in [6.07, 6.45) is 31.2. The Balaban J connectivity index is 0.00000222. The lowest BCUT2D eigenvalue weighted by Crippen LogP contribution is -2.03. The lowest BCUT2D eigenvalue weighted by molar-refractivity contribution is -0.106. The van der Waals surface area contributed by atoms with Crippen molar-refractivity contribution in [3.05, 3.63) is 151 Å². The van der Waals surface area contributed by atoms with Gasteiger partial charge in [-0.3, -0.25) is 0 Å².